The molecule has 34 heavy (non-hydrogen) atoms. The minimum absolute atomic E-state index is 0.262. The standard InChI is InChI=1S/C26H26N4O4/c1-26(2)22(12-19-11-18-7-8-25(31)32-20(18)13-21(19)34-26)33-24-14-23(29-16-30-24)28-10-4-6-17-5-3-9-27-15-17/h3,5,7-9,11,13-16,22H,4,6,10,12H2,1-2H3,(H,28,29,30). The second-order valence-corrected chi connectivity index (χ2v) is 8.90. The number of fused-ring (bicyclic) bond motifs is 2. The number of hydrogen-bond acceptors (Lipinski definition) is 8. The third-order valence-corrected chi connectivity index (χ3v) is 5.93. The Morgan fingerprint density at radius 3 is 2.94 bits per heavy atom. The highest BCUT2D eigenvalue weighted by Gasteiger charge is 2.39. The molecule has 4 heterocycles. The van der Waals surface area contributed by atoms with E-state index in [2.05, 4.69) is 26.3 Å². The first-order valence-corrected chi connectivity index (χ1v) is 11.3. The molecule has 1 aliphatic rings. The van der Waals surface area contributed by atoms with Crippen molar-refractivity contribution in [1.29, 1.82) is 0 Å². The molecular weight excluding hydrogens is 432 g/mol. The number of rotatable bonds is 7. The molecule has 5 rings (SSSR count). The summed E-state index contributed by atoms with van der Waals surface area (Å²) in [6, 6.07) is 12.8. The van der Waals surface area contributed by atoms with Crippen LogP contribution >= 0.6 is 0 Å². The van der Waals surface area contributed by atoms with Gasteiger partial charge in [-0.15, -0.1) is 0 Å². The van der Waals surface area contributed by atoms with Gasteiger partial charge in [-0.25, -0.2) is 14.8 Å². The van der Waals surface area contributed by atoms with Gasteiger partial charge in [0.15, 0.2) is 0 Å². The van der Waals surface area contributed by atoms with Crippen LogP contribution < -0.4 is 20.4 Å². The number of ether oxygens (including phenoxy) is 2. The van der Waals surface area contributed by atoms with Crippen LogP contribution in [0.25, 0.3) is 11.0 Å². The van der Waals surface area contributed by atoms with Crippen LogP contribution in [0.5, 0.6) is 11.6 Å². The van der Waals surface area contributed by atoms with E-state index in [1.807, 2.05) is 38.2 Å². The summed E-state index contributed by atoms with van der Waals surface area (Å²) >= 11 is 0. The monoisotopic (exact) mass is 458 g/mol. The largest absolute Gasteiger partial charge is 0.484 e. The van der Waals surface area contributed by atoms with Gasteiger partial charge in [-0.3, -0.25) is 4.98 Å². The SMILES string of the molecule is CC1(C)Oc2cc3oc(=O)ccc3cc2CC1Oc1cc(NCCCc2cccnc2)ncn1. The minimum atomic E-state index is -0.613. The number of aromatic nitrogens is 3. The summed E-state index contributed by atoms with van der Waals surface area (Å²) in [6.07, 6.45) is 7.44. The topological polar surface area (TPSA) is 99.4 Å². The van der Waals surface area contributed by atoms with E-state index in [0.29, 0.717) is 29.5 Å². The van der Waals surface area contributed by atoms with Crippen LogP contribution in [-0.4, -0.2) is 33.2 Å². The molecule has 0 spiro atoms. The van der Waals surface area contributed by atoms with Crippen molar-refractivity contribution < 1.29 is 13.9 Å². The van der Waals surface area contributed by atoms with Crippen molar-refractivity contribution in [3.63, 3.8) is 0 Å². The van der Waals surface area contributed by atoms with Crippen molar-refractivity contribution in [2.24, 2.45) is 0 Å². The second kappa shape index (κ2) is 9.13. The van der Waals surface area contributed by atoms with E-state index in [1.54, 1.807) is 18.3 Å². The Kier molecular flexibility index (Phi) is 5.88. The van der Waals surface area contributed by atoms with Gasteiger partial charge in [-0.1, -0.05) is 6.07 Å². The van der Waals surface area contributed by atoms with Crippen LogP contribution in [-0.2, 0) is 12.8 Å². The Hall–Kier alpha value is -3.94. The Morgan fingerprint density at radius 1 is 1.18 bits per heavy atom. The molecule has 174 valence electrons. The van der Waals surface area contributed by atoms with Gasteiger partial charge in [0, 0.05) is 48.9 Å². The van der Waals surface area contributed by atoms with Gasteiger partial charge in [0.05, 0.1) is 0 Å². The molecule has 4 aromatic rings. The van der Waals surface area contributed by atoms with Crippen molar-refractivity contribution in [2.45, 2.75) is 44.8 Å². The van der Waals surface area contributed by atoms with Gasteiger partial charge < -0.3 is 19.2 Å². The molecule has 0 amide bonds. The lowest BCUT2D eigenvalue weighted by Gasteiger charge is -2.39. The molecule has 1 atom stereocenters. The van der Waals surface area contributed by atoms with E-state index in [0.717, 1.165) is 30.3 Å². The predicted octanol–water partition coefficient (Wildman–Crippen LogP) is 4.18. The number of nitrogens with zero attached hydrogens (tertiary/aromatic N) is 3. The zero-order chi connectivity index (χ0) is 23.5. The van der Waals surface area contributed by atoms with Crippen LogP contribution in [0, 0.1) is 0 Å². The van der Waals surface area contributed by atoms with E-state index in [9.17, 15) is 4.79 Å². The summed E-state index contributed by atoms with van der Waals surface area (Å²) < 4.78 is 17.8. The first-order valence-electron chi connectivity index (χ1n) is 11.3. The van der Waals surface area contributed by atoms with Crippen LogP contribution in [0.2, 0.25) is 0 Å². The third-order valence-electron chi connectivity index (χ3n) is 5.93. The lowest BCUT2D eigenvalue weighted by Crippen LogP contribution is -2.49. The molecule has 0 aliphatic carbocycles. The fourth-order valence-corrected chi connectivity index (χ4v) is 4.08. The second-order valence-electron chi connectivity index (χ2n) is 8.90. The van der Waals surface area contributed by atoms with E-state index in [-0.39, 0.29) is 11.7 Å². The van der Waals surface area contributed by atoms with Crippen molar-refractivity contribution in [3.8, 4) is 11.6 Å². The maximum atomic E-state index is 11.6. The number of aryl methyl sites for hydroxylation is 1. The number of benzene rings is 1. The fraction of sp³-hybridized carbons (Fsp3) is 0.308. The maximum Gasteiger partial charge on any atom is 0.336 e. The molecule has 1 aliphatic heterocycles. The Bertz CT molecular complexity index is 1350. The van der Waals surface area contributed by atoms with E-state index in [4.69, 9.17) is 13.9 Å². The van der Waals surface area contributed by atoms with Crippen LogP contribution in [0.4, 0.5) is 5.82 Å². The highest BCUT2D eigenvalue weighted by molar-refractivity contribution is 5.79. The summed E-state index contributed by atoms with van der Waals surface area (Å²) in [5.41, 5.74) is 1.72. The van der Waals surface area contributed by atoms with E-state index in [1.165, 1.54) is 18.0 Å². The highest BCUT2D eigenvalue weighted by Crippen LogP contribution is 2.37. The quantitative estimate of drug-likeness (QED) is 0.325. The summed E-state index contributed by atoms with van der Waals surface area (Å²) in [6.45, 7) is 4.73. The van der Waals surface area contributed by atoms with Gasteiger partial charge in [-0.2, -0.15) is 0 Å². The van der Waals surface area contributed by atoms with Gasteiger partial charge >= 0.3 is 5.63 Å². The number of hydrogen-bond donors (Lipinski definition) is 1. The van der Waals surface area contributed by atoms with E-state index >= 15 is 0 Å². The number of nitrogens with one attached hydrogen (secondary N) is 1. The molecule has 1 N–H and O–H groups in total. The highest BCUT2D eigenvalue weighted by atomic mass is 16.6. The lowest BCUT2D eigenvalue weighted by atomic mass is 9.90. The average Bonchev–Trinajstić information content (AvgIpc) is 2.82. The van der Waals surface area contributed by atoms with Crippen molar-refractivity contribution in [2.75, 3.05) is 11.9 Å². The van der Waals surface area contributed by atoms with Crippen LogP contribution in [0.1, 0.15) is 31.4 Å². The van der Waals surface area contributed by atoms with Gasteiger partial charge in [-0.05, 0) is 56.0 Å². The Labute approximate surface area is 197 Å². The molecule has 1 unspecified atom stereocenters. The molecule has 8 nitrogen and oxygen atoms in total. The fourth-order valence-electron chi connectivity index (χ4n) is 4.08. The van der Waals surface area contributed by atoms with E-state index < -0.39 is 5.60 Å². The van der Waals surface area contributed by atoms with Crippen molar-refractivity contribution in [1.82, 2.24) is 15.0 Å². The Morgan fingerprint density at radius 2 is 2.09 bits per heavy atom. The summed E-state index contributed by atoms with van der Waals surface area (Å²) in [5.74, 6) is 1.90. The van der Waals surface area contributed by atoms with Gasteiger partial charge in [0.2, 0.25) is 5.88 Å². The molecular formula is C26H26N4O4. The zero-order valence-corrected chi connectivity index (χ0v) is 19.2. The first-order chi connectivity index (χ1) is 16.5. The molecule has 0 radical (unpaired) electrons. The molecule has 0 saturated heterocycles. The van der Waals surface area contributed by atoms with Gasteiger partial charge in [0.25, 0.3) is 0 Å². The Balaban J connectivity index is 1.26. The summed E-state index contributed by atoms with van der Waals surface area (Å²) in [5, 5.41) is 4.18. The third kappa shape index (κ3) is 4.85. The van der Waals surface area contributed by atoms with Crippen molar-refractivity contribution in [3.05, 3.63) is 82.7 Å². The van der Waals surface area contributed by atoms with Crippen LogP contribution in [0.15, 0.2) is 70.4 Å². The lowest BCUT2D eigenvalue weighted by molar-refractivity contribution is -0.0287. The molecule has 3 aromatic heterocycles. The maximum absolute atomic E-state index is 11.6. The van der Waals surface area contributed by atoms with Gasteiger partial charge in [0.1, 0.15) is 35.2 Å². The molecule has 0 saturated carbocycles. The molecule has 8 heteroatoms. The molecule has 0 bridgehead atoms. The molecule has 1 aromatic carbocycles. The summed E-state index contributed by atoms with van der Waals surface area (Å²) in [7, 11) is 0. The summed E-state index contributed by atoms with van der Waals surface area (Å²) in [4.78, 5) is 24.3. The van der Waals surface area contributed by atoms with Crippen LogP contribution in [0.3, 0.4) is 0 Å². The number of anilines is 1. The average molecular weight is 459 g/mol. The first kappa shape index (κ1) is 21.9. The molecule has 0 fully saturated rings. The predicted molar refractivity (Wildman–Crippen MR) is 128 cm³/mol. The normalized spacial score (nSPS) is 16.5. The number of pyridine rings is 1. The van der Waals surface area contributed by atoms with Crippen molar-refractivity contribution >= 4 is 16.8 Å². The minimum Gasteiger partial charge on any atom is -0.484 e. The zero-order valence-electron chi connectivity index (χ0n) is 19.2. The smallest absolute Gasteiger partial charge is 0.336 e.